The standard InChI is InChI=1S/C14H19NO4S/c1-4-8(16)5-6(2)9-10-7(3)12(20)11(14(18)19)15(10)13(9)17/h6-7,9-10,20H,4-5H2,1-3H3,(H,18,19)/t6-,7+,9+,10-/m0/s1. The van der Waals surface area contributed by atoms with Gasteiger partial charge in [0.1, 0.15) is 11.5 Å². The molecule has 2 aliphatic rings. The van der Waals surface area contributed by atoms with E-state index in [1.807, 2.05) is 13.8 Å². The molecule has 0 unspecified atom stereocenters. The maximum absolute atomic E-state index is 12.2. The van der Waals surface area contributed by atoms with Crippen LogP contribution < -0.4 is 0 Å². The molecule has 1 amide bonds. The molecule has 2 rings (SSSR count). The van der Waals surface area contributed by atoms with Gasteiger partial charge in [0.15, 0.2) is 0 Å². The van der Waals surface area contributed by atoms with Crippen molar-refractivity contribution in [1.29, 1.82) is 0 Å². The van der Waals surface area contributed by atoms with E-state index in [1.54, 1.807) is 6.92 Å². The van der Waals surface area contributed by atoms with Crippen LogP contribution in [0.25, 0.3) is 0 Å². The van der Waals surface area contributed by atoms with Crippen LogP contribution in [0.4, 0.5) is 0 Å². The second kappa shape index (κ2) is 5.24. The summed E-state index contributed by atoms with van der Waals surface area (Å²) in [5, 5.41) is 9.19. The molecule has 0 aromatic heterocycles. The van der Waals surface area contributed by atoms with Crippen molar-refractivity contribution in [2.24, 2.45) is 17.8 Å². The van der Waals surface area contributed by atoms with E-state index in [0.717, 1.165) is 0 Å². The highest BCUT2D eigenvalue weighted by Gasteiger charge is 2.59. The van der Waals surface area contributed by atoms with Gasteiger partial charge in [-0.1, -0.05) is 20.8 Å². The Morgan fingerprint density at radius 3 is 2.55 bits per heavy atom. The summed E-state index contributed by atoms with van der Waals surface area (Å²) in [6.45, 7) is 5.57. The highest BCUT2D eigenvalue weighted by molar-refractivity contribution is 7.84. The Bertz CT molecular complexity index is 513. The number of ketones is 1. The van der Waals surface area contributed by atoms with Crippen molar-refractivity contribution in [3.8, 4) is 0 Å². The number of carboxylic acid groups (broad SMARTS) is 1. The minimum Gasteiger partial charge on any atom is -0.477 e. The first-order valence-electron chi connectivity index (χ1n) is 6.82. The summed E-state index contributed by atoms with van der Waals surface area (Å²) >= 11 is 4.26. The van der Waals surface area contributed by atoms with Crippen LogP contribution in [0.15, 0.2) is 10.6 Å². The van der Waals surface area contributed by atoms with E-state index in [4.69, 9.17) is 0 Å². The van der Waals surface area contributed by atoms with E-state index in [0.29, 0.717) is 17.7 Å². The number of thiol groups is 1. The largest absolute Gasteiger partial charge is 0.477 e. The van der Waals surface area contributed by atoms with Gasteiger partial charge in [-0.05, 0) is 5.92 Å². The topological polar surface area (TPSA) is 74.7 Å². The normalized spacial score (nSPS) is 30.1. The molecule has 1 saturated heterocycles. The van der Waals surface area contributed by atoms with Gasteiger partial charge in [0.25, 0.3) is 0 Å². The number of amides is 1. The summed E-state index contributed by atoms with van der Waals surface area (Å²) in [6, 6.07) is -0.166. The monoisotopic (exact) mass is 297 g/mol. The molecule has 5 nitrogen and oxygen atoms in total. The summed E-state index contributed by atoms with van der Waals surface area (Å²) in [7, 11) is 0. The quantitative estimate of drug-likeness (QED) is 0.598. The fourth-order valence-electron chi connectivity index (χ4n) is 3.25. The molecule has 20 heavy (non-hydrogen) atoms. The van der Waals surface area contributed by atoms with Crippen molar-refractivity contribution >= 4 is 30.3 Å². The molecule has 2 aliphatic heterocycles. The maximum atomic E-state index is 12.2. The fourth-order valence-corrected chi connectivity index (χ4v) is 3.61. The molecule has 6 heteroatoms. The highest BCUT2D eigenvalue weighted by Crippen LogP contribution is 2.49. The van der Waals surface area contributed by atoms with Gasteiger partial charge in [0.2, 0.25) is 5.91 Å². The van der Waals surface area contributed by atoms with Crippen molar-refractivity contribution in [3.05, 3.63) is 10.6 Å². The van der Waals surface area contributed by atoms with Gasteiger partial charge in [0, 0.05) is 23.7 Å². The number of hydrogen-bond donors (Lipinski definition) is 2. The van der Waals surface area contributed by atoms with Crippen molar-refractivity contribution in [3.63, 3.8) is 0 Å². The number of carbonyl (C=O) groups excluding carboxylic acids is 2. The molecular weight excluding hydrogens is 278 g/mol. The highest BCUT2D eigenvalue weighted by atomic mass is 32.1. The molecule has 1 N–H and O–H groups in total. The Morgan fingerprint density at radius 2 is 2.05 bits per heavy atom. The van der Waals surface area contributed by atoms with Crippen molar-refractivity contribution in [1.82, 2.24) is 4.90 Å². The number of Topliss-reactive ketones (excluding diaryl/α,β-unsaturated/α-hetero) is 1. The molecule has 0 aliphatic carbocycles. The zero-order valence-corrected chi connectivity index (χ0v) is 12.7. The van der Waals surface area contributed by atoms with Crippen LogP contribution in [0.5, 0.6) is 0 Å². The number of aliphatic carboxylic acids is 1. The number of rotatable bonds is 5. The molecule has 0 aromatic rings. The first-order chi connectivity index (χ1) is 9.31. The van der Waals surface area contributed by atoms with E-state index < -0.39 is 5.97 Å². The van der Waals surface area contributed by atoms with Gasteiger partial charge in [-0.15, -0.1) is 12.6 Å². The number of fused-ring (bicyclic) bond motifs is 1. The minimum atomic E-state index is -1.12. The Balaban J connectivity index is 2.19. The molecular formula is C14H19NO4S. The van der Waals surface area contributed by atoms with Gasteiger partial charge in [0.05, 0.1) is 12.0 Å². The SMILES string of the molecule is CCC(=O)C[C@H](C)[C@H]1C(=O)N2C(C(=O)O)=C(S)[C@H](C)[C@@H]12. The Hall–Kier alpha value is -1.30. The van der Waals surface area contributed by atoms with Crippen LogP contribution >= 0.6 is 12.6 Å². The Kier molecular flexibility index (Phi) is 3.95. The number of hydrogen-bond acceptors (Lipinski definition) is 4. The zero-order chi connectivity index (χ0) is 15.2. The van der Waals surface area contributed by atoms with Crippen LogP contribution in [0.1, 0.15) is 33.6 Å². The maximum Gasteiger partial charge on any atom is 0.353 e. The third-order valence-electron chi connectivity index (χ3n) is 4.38. The molecule has 2 heterocycles. The third kappa shape index (κ3) is 2.06. The summed E-state index contributed by atoms with van der Waals surface area (Å²) < 4.78 is 0. The van der Waals surface area contributed by atoms with Crippen molar-refractivity contribution in [2.45, 2.75) is 39.7 Å². The van der Waals surface area contributed by atoms with E-state index in [-0.39, 0.29) is 41.2 Å². The third-order valence-corrected chi connectivity index (χ3v) is 4.99. The Labute approximate surface area is 123 Å². The Morgan fingerprint density at radius 1 is 1.45 bits per heavy atom. The average molecular weight is 297 g/mol. The predicted molar refractivity (Wildman–Crippen MR) is 76.0 cm³/mol. The van der Waals surface area contributed by atoms with E-state index in [1.165, 1.54) is 4.90 Å². The van der Waals surface area contributed by atoms with Gasteiger partial charge < -0.3 is 10.0 Å². The minimum absolute atomic E-state index is 0.00102. The van der Waals surface area contributed by atoms with Gasteiger partial charge in [-0.25, -0.2) is 4.79 Å². The fraction of sp³-hybridized carbons (Fsp3) is 0.643. The van der Waals surface area contributed by atoms with Gasteiger partial charge in [-0.3, -0.25) is 9.59 Å². The molecule has 110 valence electrons. The lowest BCUT2D eigenvalue weighted by Crippen LogP contribution is -2.62. The van der Waals surface area contributed by atoms with E-state index in [2.05, 4.69) is 12.6 Å². The lowest BCUT2D eigenvalue weighted by atomic mass is 9.73. The van der Waals surface area contributed by atoms with E-state index >= 15 is 0 Å². The van der Waals surface area contributed by atoms with Crippen LogP contribution in [-0.4, -0.2) is 33.7 Å². The van der Waals surface area contributed by atoms with Gasteiger partial charge >= 0.3 is 5.97 Å². The lowest BCUT2D eigenvalue weighted by molar-refractivity contribution is -0.160. The summed E-state index contributed by atoms with van der Waals surface area (Å²) in [5.74, 6) is -1.61. The number of carboxylic acids is 1. The zero-order valence-electron chi connectivity index (χ0n) is 11.8. The first-order valence-corrected chi connectivity index (χ1v) is 7.27. The molecule has 0 saturated carbocycles. The van der Waals surface area contributed by atoms with Crippen LogP contribution in [0, 0.1) is 17.8 Å². The number of β-lactam (4-membered cyclic amide) rings is 1. The molecule has 0 radical (unpaired) electrons. The van der Waals surface area contributed by atoms with Crippen molar-refractivity contribution in [2.75, 3.05) is 0 Å². The summed E-state index contributed by atoms with van der Waals surface area (Å²) in [6.07, 6.45) is 0.833. The van der Waals surface area contributed by atoms with Crippen molar-refractivity contribution < 1.29 is 19.5 Å². The van der Waals surface area contributed by atoms with Crippen LogP contribution in [0.2, 0.25) is 0 Å². The second-order valence-corrected chi connectivity index (χ2v) is 6.11. The number of nitrogens with zero attached hydrogens (tertiary/aromatic N) is 1. The first kappa shape index (κ1) is 15.1. The molecule has 0 aromatic carbocycles. The van der Waals surface area contributed by atoms with Gasteiger partial charge in [-0.2, -0.15) is 0 Å². The molecule has 0 bridgehead atoms. The molecule has 0 spiro atoms. The summed E-state index contributed by atoms with van der Waals surface area (Å²) in [4.78, 5) is 36.8. The van der Waals surface area contributed by atoms with E-state index in [9.17, 15) is 19.5 Å². The lowest BCUT2D eigenvalue weighted by Gasteiger charge is -2.47. The van der Waals surface area contributed by atoms with Crippen LogP contribution in [-0.2, 0) is 14.4 Å². The molecule has 1 fully saturated rings. The number of carbonyl (C=O) groups is 3. The summed E-state index contributed by atoms with van der Waals surface area (Å²) in [5.41, 5.74) is 0.00102. The van der Waals surface area contributed by atoms with Crippen LogP contribution in [0.3, 0.4) is 0 Å². The smallest absolute Gasteiger partial charge is 0.353 e. The second-order valence-electron chi connectivity index (χ2n) is 5.63. The molecule has 4 atom stereocenters. The average Bonchev–Trinajstić information content (AvgIpc) is 2.60. The predicted octanol–water partition coefficient (Wildman–Crippen LogP) is 1.69.